The summed E-state index contributed by atoms with van der Waals surface area (Å²) in [4.78, 5) is 25.3. The molecule has 0 saturated heterocycles. The number of nitrogens with zero attached hydrogens (tertiary/aromatic N) is 2. The van der Waals surface area contributed by atoms with E-state index >= 15 is 0 Å². The number of likely N-dealkylation sites (N-methyl/N-ethyl adjacent to an activating group) is 1. The summed E-state index contributed by atoms with van der Waals surface area (Å²) in [6, 6.07) is 10.9. The van der Waals surface area contributed by atoms with E-state index in [0.29, 0.717) is 22.1 Å². The van der Waals surface area contributed by atoms with Crippen LogP contribution in [0.3, 0.4) is 0 Å². The van der Waals surface area contributed by atoms with E-state index in [2.05, 4.69) is 0 Å². The Labute approximate surface area is 155 Å². The summed E-state index contributed by atoms with van der Waals surface area (Å²) in [5.74, 6) is -0.000912. The Morgan fingerprint density at radius 1 is 1.15 bits per heavy atom. The van der Waals surface area contributed by atoms with E-state index in [-0.39, 0.29) is 11.1 Å². The molecule has 0 bridgehead atoms. The third-order valence-corrected chi connectivity index (χ3v) is 4.80. The first-order valence-electron chi connectivity index (χ1n) is 7.86. The second-order valence-electron chi connectivity index (χ2n) is 5.95. The number of rotatable bonds is 2. The molecule has 26 heavy (non-hydrogen) atoms. The van der Waals surface area contributed by atoms with Crippen LogP contribution in [0.2, 0.25) is 5.02 Å². The van der Waals surface area contributed by atoms with Gasteiger partial charge in [-0.15, -0.1) is 0 Å². The highest BCUT2D eigenvalue weighted by molar-refractivity contribution is 6.31. The minimum absolute atomic E-state index is 0.0455. The monoisotopic (exact) mass is 366 g/mol. The van der Waals surface area contributed by atoms with Gasteiger partial charge in [0.25, 0.3) is 11.8 Å². The Balaban J connectivity index is 2.06. The van der Waals surface area contributed by atoms with Crippen LogP contribution < -0.4 is 0 Å². The number of hydrogen-bond donors (Lipinski definition) is 0. The summed E-state index contributed by atoms with van der Waals surface area (Å²) in [7, 11) is 1.35. The summed E-state index contributed by atoms with van der Waals surface area (Å²) in [5, 5.41) is 9.84. The summed E-state index contributed by atoms with van der Waals surface area (Å²) in [6.45, 7) is 3.48. The fourth-order valence-electron chi connectivity index (χ4n) is 2.79. The van der Waals surface area contributed by atoms with Crippen LogP contribution in [0.25, 0.3) is 17.4 Å². The highest BCUT2D eigenvalue weighted by atomic mass is 35.5. The fourth-order valence-corrected chi connectivity index (χ4v) is 2.96. The lowest BCUT2D eigenvalue weighted by Gasteiger charge is -2.23. The quantitative estimate of drug-likeness (QED) is 0.591. The maximum Gasteiger partial charge on any atom is 0.271 e. The van der Waals surface area contributed by atoms with Crippen LogP contribution in [0, 0.1) is 18.3 Å². The highest BCUT2D eigenvalue weighted by Gasteiger charge is 2.33. The molecule has 0 atom stereocenters. The minimum atomic E-state index is -0.596. The number of benzene rings is 1. The zero-order valence-electron chi connectivity index (χ0n) is 14.5. The van der Waals surface area contributed by atoms with Crippen LogP contribution in [0.15, 0.2) is 51.5 Å². The molecule has 0 N–H and O–H groups in total. The first kappa shape index (κ1) is 17.7. The maximum atomic E-state index is 12.4. The van der Waals surface area contributed by atoms with Crippen molar-refractivity contribution in [3.8, 4) is 17.4 Å². The van der Waals surface area contributed by atoms with Crippen molar-refractivity contribution >= 4 is 29.5 Å². The van der Waals surface area contributed by atoms with Gasteiger partial charge in [0, 0.05) is 23.2 Å². The van der Waals surface area contributed by atoms with Gasteiger partial charge in [-0.05, 0) is 49.3 Å². The molecule has 1 aliphatic rings. The molecule has 2 aromatic rings. The average molecular weight is 367 g/mol. The molecule has 1 aromatic heterocycles. The normalized spacial score (nSPS) is 16.4. The molecule has 0 saturated carbocycles. The molecule has 0 unspecified atom stereocenters. The van der Waals surface area contributed by atoms with Crippen molar-refractivity contribution in [1.82, 2.24) is 4.90 Å². The van der Waals surface area contributed by atoms with Crippen LogP contribution in [-0.4, -0.2) is 23.8 Å². The van der Waals surface area contributed by atoms with Gasteiger partial charge in [0.1, 0.15) is 23.2 Å². The van der Waals surface area contributed by atoms with Crippen molar-refractivity contribution in [2.24, 2.45) is 0 Å². The van der Waals surface area contributed by atoms with Gasteiger partial charge in [0.15, 0.2) is 0 Å². The number of halogens is 1. The van der Waals surface area contributed by atoms with E-state index in [1.54, 1.807) is 31.2 Å². The molecule has 130 valence electrons. The van der Waals surface area contributed by atoms with Gasteiger partial charge in [-0.3, -0.25) is 14.5 Å². The zero-order chi connectivity index (χ0) is 19.0. The Bertz CT molecular complexity index is 1040. The number of carbonyl (C=O) groups excluding carboxylic acids is 2. The van der Waals surface area contributed by atoms with Crippen molar-refractivity contribution in [3.05, 3.63) is 63.4 Å². The van der Waals surface area contributed by atoms with Crippen molar-refractivity contribution in [2.75, 3.05) is 7.05 Å². The number of imide groups is 1. The third kappa shape index (κ3) is 2.85. The molecule has 5 nitrogen and oxygen atoms in total. The van der Waals surface area contributed by atoms with Crippen molar-refractivity contribution < 1.29 is 14.0 Å². The Morgan fingerprint density at radius 3 is 2.58 bits per heavy atom. The summed E-state index contributed by atoms with van der Waals surface area (Å²) >= 11 is 6.15. The van der Waals surface area contributed by atoms with E-state index < -0.39 is 11.8 Å². The zero-order valence-corrected chi connectivity index (χ0v) is 15.2. The molecule has 1 aliphatic heterocycles. The molecule has 1 aromatic carbocycles. The Kier molecular flexibility index (Phi) is 4.54. The van der Waals surface area contributed by atoms with Crippen LogP contribution >= 0.6 is 11.6 Å². The van der Waals surface area contributed by atoms with E-state index in [0.717, 1.165) is 16.0 Å². The SMILES string of the molecule is CC1=C(C#N)C(=O)N(C)C(=O)/C1=C\c1ccc(-c2cccc(Cl)c2C)o1. The number of hydrogen-bond acceptors (Lipinski definition) is 4. The van der Waals surface area contributed by atoms with Gasteiger partial charge < -0.3 is 4.42 Å². The molecule has 6 heteroatoms. The van der Waals surface area contributed by atoms with Crippen molar-refractivity contribution in [3.63, 3.8) is 0 Å². The second kappa shape index (κ2) is 6.66. The first-order valence-corrected chi connectivity index (χ1v) is 8.23. The molecule has 2 amide bonds. The average Bonchev–Trinajstić information content (AvgIpc) is 3.08. The topological polar surface area (TPSA) is 74.3 Å². The van der Waals surface area contributed by atoms with Crippen molar-refractivity contribution in [2.45, 2.75) is 13.8 Å². The molecule has 0 fully saturated rings. The molecule has 0 aliphatic carbocycles. The first-order chi connectivity index (χ1) is 12.3. The van der Waals surface area contributed by atoms with Gasteiger partial charge in [0.05, 0.1) is 0 Å². The van der Waals surface area contributed by atoms with Gasteiger partial charge in [0.2, 0.25) is 0 Å². The molecule has 3 rings (SSSR count). The van der Waals surface area contributed by atoms with Crippen LogP contribution in [-0.2, 0) is 9.59 Å². The molecular formula is C20H15ClN2O3. The number of furan rings is 1. The number of amides is 2. The Morgan fingerprint density at radius 2 is 1.88 bits per heavy atom. The molecule has 2 heterocycles. The van der Waals surface area contributed by atoms with Crippen molar-refractivity contribution in [1.29, 1.82) is 5.26 Å². The third-order valence-electron chi connectivity index (χ3n) is 4.39. The van der Waals surface area contributed by atoms with E-state index in [1.165, 1.54) is 7.05 Å². The van der Waals surface area contributed by atoms with Gasteiger partial charge in [-0.25, -0.2) is 0 Å². The van der Waals surface area contributed by atoms with Gasteiger partial charge in [-0.1, -0.05) is 23.7 Å². The summed E-state index contributed by atoms with van der Waals surface area (Å²) in [5.41, 5.74) is 2.31. The smallest absolute Gasteiger partial charge is 0.271 e. The number of carbonyl (C=O) groups is 2. The van der Waals surface area contributed by atoms with Gasteiger partial charge in [-0.2, -0.15) is 5.26 Å². The standard InChI is InChI=1S/C20H15ClN2O3/c1-11-15(19(24)23(3)20(25)16(11)10-22)9-13-7-8-18(26-13)14-5-4-6-17(21)12(14)2/h4-9H,1-3H3/b15-9-. The largest absolute Gasteiger partial charge is 0.457 e. The lowest BCUT2D eigenvalue weighted by atomic mass is 9.95. The molecule has 0 radical (unpaired) electrons. The lowest BCUT2D eigenvalue weighted by molar-refractivity contribution is -0.138. The number of nitriles is 1. The fraction of sp³-hybridized carbons (Fsp3) is 0.150. The van der Waals surface area contributed by atoms with E-state index in [4.69, 9.17) is 16.0 Å². The van der Waals surface area contributed by atoms with Crippen LogP contribution in [0.1, 0.15) is 18.2 Å². The van der Waals surface area contributed by atoms with Gasteiger partial charge >= 0.3 is 0 Å². The maximum absolute atomic E-state index is 12.4. The second-order valence-corrected chi connectivity index (χ2v) is 6.36. The highest BCUT2D eigenvalue weighted by Crippen LogP contribution is 2.31. The van der Waals surface area contributed by atoms with E-state index in [1.807, 2.05) is 25.1 Å². The summed E-state index contributed by atoms with van der Waals surface area (Å²) < 4.78 is 5.84. The molecule has 0 spiro atoms. The van der Waals surface area contributed by atoms with Crippen LogP contribution in [0.4, 0.5) is 0 Å². The Hall–Kier alpha value is -3.10. The summed E-state index contributed by atoms with van der Waals surface area (Å²) in [6.07, 6.45) is 1.54. The predicted molar refractivity (Wildman–Crippen MR) is 98.0 cm³/mol. The molecular weight excluding hydrogens is 352 g/mol. The van der Waals surface area contributed by atoms with E-state index in [9.17, 15) is 14.9 Å². The lowest BCUT2D eigenvalue weighted by Crippen LogP contribution is -2.39. The minimum Gasteiger partial charge on any atom is -0.457 e. The predicted octanol–water partition coefficient (Wildman–Crippen LogP) is 4.13. The van der Waals surface area contributed by atoms with Crippen LogP contribution in [0.5, 0.6) is 0 Å².